The van der Waals surface area contributed by atoms with E-state index in [-0.39, 0.29) is 68.6 Å². The average molecular weight is 1650 g/mol. The SMILES string of the molecule is CC(C)(C)C(CC(=O)Cc1ccc(Cl)c(Cl)c1)C(=O)NC(CCc1ccccc1)C(N)=O.CC(C)CC(NC(=O)Nc1ccc(Cl)cc1)C(=O)NC(CC1=CCc2ccccc21)C(=O)NCCC(=O)O.Cc1ccc(NC(=O)NC(C)C(=O)NC(CC(C)C)C(=O)NC(CC2=CCc3ccccc32)C(=O)NC(CC(=O)O)C(N)=O)cc1. The smallest absolute Gasteiger partial charge is 0.319 e. The second kappa shape index (κ2) is 45.6. The highest BCUT2D eigenvalue weighted by Crippen LogP contribution is 2.34. The molecule has 0 spiro atoms. The van der Waals surface area contributed by atoms with Crippen LogP contribution >= 0.6 is 34.8 Å². The van der Waals surface area contributed by atoms with Crippen molar-refractivity contribution < 1.29 is 72.5 Å². The van der Waals surface area contributed by atoms with Crippen LogP contribution in [-0.4, -0.2) is 136 Å². The molecule has 2 aliphatic rings. The number of primary amides is 2. The summed E-state index contributed by atoms with van der Waals surface area (Å²) in [5.74, 6) is -8.12. The molecule has 0 radical (unpaired) electrons. The van der Waals surface area contributed by atoms with Crippen LogP contribution in [0, 0.1) is 30.1 Å². The number of allylic oxidation sites excluding steroid dienone is 2. The number of carboxylic acid groups (broad SMARTS) is 2. The van der Waals surface area contributed by atoms with Gasteiger partial charge in [-0.25, -0.2) is 9.59 Å². The van der Waals surface area contributed by atoms with Crippen molar-refractivity contribution in [2.45, 2.75) is 182 Å². The van der Waals surface area contributed by atoms with Gasteiger partial charge in [0.2, 0.25) is 47.3 Å². The van der Waals surface area contributed by atoms with Gasteiger partial charge in [-0.2, -0.15) is 0 Å². The maximum Gasteiger partial charge on any atom is 0.319 e. The number of halogens is 3. The summed E-state index contributed by atoms with van der Waals surface area (Å²) in [7, 11) is 0. The molecule has 0 heterocycles. The normalized spacial score (nSPS) is 13.9. The van der Waals surface area contributed by atoms with Crippen LogP contribution in [0.1, 0.15) is 146 Å². The number of carboxylic acids is 2. The van der Waals surface area contributed by atoms with Crippen molar-refractivity contribution >= 4 is 134 Å². The molecule has 0 saturated heterocycles. The molecule has 2 aliphatic carbocycles. The second-order valence-corrected chi connectivity index (χ2v) is 31.7. The lowest BCUT2D eigenvalue weighted by molar-refractivity contribution is -0.140. The summed E-state index contributed by atoms with van der Waals surface area (Å²) in [5.41, 5.74) is 20.1. The summed E-state index contributed by atoms with van der Waals surface area (Å²) in [6.45, 7) is 16.6. The Morgan fingerprint density at radius 3 is 1.43 bits per heavy atom. The molecule has 8 atom stereocenters. The largest absolute Gasteiger partial charge is 0.481 e. The highest BCUT2D eigenvalue weighted by molar-refractivity contribution is 6.42. The molecule has 0 bridgehead atoms. The first kappa shape index (κ1) is 93.4. The third-order valence-corrected chi connectivity index (χ3v) is 19.9. The molecule has 620 valence electrons. The fraction of sp³-hybridized carbons (Fsp3) is 0.384. The van der Waals surface area contributed by atoms with Gasteiger partial charge < -0.3 is 74.8 Å². The molecule has 6 aromatic carbocycles. The Kier molecular flexibility index (Phi) is 36.7. The molecule has 116 heavy (non-hydrogen) atoms. The number of ketones is 1. The zero-order chi connectivity index (χ0) is 85.5. The van der Waals surface area contributed by atoms with Crippen LogP contribution in [0.2, 0.25) is 15.1 Å². The monoisotopic (exact) mass is 1650 g/mol. The van der Waals surface area contributed by atoms with Gasteiger partial charge in [0.05, 0.1) is 22.9 Å². The minimum absolute atomic E-state index is 0.0344. The molecule has 12 amide bonds. The number of hydrogen-bond acceptors (Lipinski definition) is 13. The quantitative estimate of drug-likeness (QED) is 0.0172. The third kappa shape index (κ3) is 31.8. The van der Waals surface area contributed by atoms with Gasteiger partial charge in [-0.05, 0) is 163 Å². The van der Waals surface area contributed by atoms with E-state index in [4.69, 9.17) is 51.4 Å². The number of amides is 12. The molecule has 8 unspecified atom stereocenters. The van der Waals surface area contributed by atoms with Crippen molar-refractivity contribution in [1.29, 1.82) is 0 Å². The van der Waals surface area contributed by atoms with Gasteiger partial charge >= 0.3 is 24.0 Å². The summed E-state index contributed by atoms with van der Waals surface area (Å²) in [6, 6.07) is 35.2. The molecular formula is C86H105Cl3N12O15. The van der Waals surface area contributed by atoms with Crippen molar-refractivity contribution in [2.75, 3.05) is 17.2 Å². The average Bonchev–Trinajstić information content (AvgIpc) is 1.34. The second-order valence-electron chi connectivity index (χ2n) is 30.4. The molecule has 0 fully saturated rings. The number of nitrogens with one attached hydrogen (secondary N) is 10. The van der Waals surface area contributed by atoms with Gasteiger partial charge in [0, 0.05) is 54.5 Å². The van der Waals surface area contributed by atoms with Crippen LogP contribution in [-0.2, 0) is 78.4 Å². The Morgan fingerprint density at radius 2 is 0.931 bits per heavy atom. The van der Waals surface area contributed by atoms with Crippen LogP contribution in [0.25, 0.3) is 11.1 Å². The van der Waals surface area contributed by atoms with E-state index in [1.165, 1.54) is 6.92 Å². The predicted octanol–water partition coefficient (Wildman–Crippen LogP) is 10.7. The first-order valence-corrected chi connectivity index (χ1v) is 39.3. The van der Waals surface area contributed by atoms with Crippen molar-refractivity contribution in [2.24, 2.45) is 34.6 Å². The lowest BCUT2D eigenvalue weighted by Crippen LogP contribution is -2.58. The van der Waals surface area contributed by atoms with Gasteiger partial charge in [-0.1, -0.05) is 198 Å². The van der Waals surface area contributed by atoms with Crippen LogP contribution in [0.4, 0.5) is 21.0 Å². The van der Waals surface area contributed by atoms with E-state index in [1.807, 2.05) is 159 Å². The minimum atomic E-state index is -1.50. The van der Waals surface area contributed by atoms with Gasteiger partial charge in [-0.15, -0.1) is 0 Å². The number of carbonyl (C=O) groups is 13. The first-order chi connectivity index (χ1) is 54.8. The third-order valence-electron chi connectivity index (χ3n) is 18.9. The van der Waals surface area contributed by atoms with E-state index in [0.717, 1.165) is 56.5 Å². The molecule has 0 saturated carbocycles. The summed E-state index contributed by atoms with van der Waals surface area (Å²) >= 11 is 17.9. The van der Waals surface area contributed by atoms with Crippen molar-refractivity contribution in [3.8, 4) is 0 Å². The first-order valence-electron chi connectivity index (χ1n) is 38.2. The maximum atomic E-state index is 13.6. The number of carbonyl (C=O) groups excluding carboxylic acids is 11. The van der Waals surface area contributed by atoms with Crippen LogP contribution < -0.4 is 64.6 Å². The topological polar surface area (TPSA) is 435 Å². The van der Waals surface area contributed by atoms with Gasteiger partial charge in [0.15, 0.2) is 0 Å². The number of aliphatic carboxylic acids is 2. The van der Waals surface area contributed by atoms with E-state index < -0.39 is 125 Å². The lowest BCUT2D eigenvalue weighted by Gasteiger charge is -2.30. The zero-order valence-corrected chi connectivity index (χ0v) is 68.7. The summed E-state index contributed by atoms with van der Waals surface area (Å²) < 4.78 is 0. The number of aryl methyl sites for hydroxylation is 2. The number of fused-ring (bicyclic) bond motifs is 2. The fourth-order valence-corrected chi connectivity index (χ4v) is 13.1. The standard InChI is InChI=1S/C33H42N6O7.C28H33ClN4O5.C25H30Cl2N2O3/c1-18(2)15-26(38-30(43)20(4)35-33(46)36-23-13-9-19(3)10-14-23)31(44)39-27(32(45)37-25(29(34)42)17-28(40)41)16-22-12-11-21-7-5-6-8-24(21)22;1-17(2)15-23(33-28(38)31-21-11-9-20(29)10-12-21)27(37)32-24(26(36)30-14-13-25(34)35)16-19-8-7-18-5-3-4-6-22(18)19;1-25(2,3)19(15-18(30)13-17-9-11-20(26)21(27)14-17)24(32)29-22(23(28)31)12-10-16-7-5-4-6-8-16/h5-10,12-14,18,20,25-27H,11,15-17H2,1-4H3,(H2,34,42)(H,37,45)(H,38,43)(H,39,44)(H,40,41)(H2,35,36,46);3-6,8-12,17,23-24H,7,13-16H2,1-2H3,(H,30,36)(H,32,37)(H,34,35)(H2,31,33,38);4-9,11,14,19,22H,10,12-13,15H2,1-3H3,(H2,28,31)(H,29,32). The Balaban J connectivity index is 0.000000275. The molecule has 8 rings (SSSR count). The summed E-state index contributed by atoms with van der Waals surface area (Å²) in [6.07, 6.45) is 6.34. The molecular weight excluding hydrogens is 1550 g/mol. The van der Waals surface area contributed by atoms with Crippen LogP contribution in [0.15, 0.2) is 158 Å². The van der Waals surface area contributed by atoms with Crippen LogP contribution in [0.5, 0.6) is 0 Å². The number of urea groups is 2. The Bertz CT molecular complexity index is 4530. The maximum absolute atomic E-state index is 13.6. The van der Waals surface area contributed by atoms with E-state index in [9.17, 15) is 67.4 Å². The highest BCUT2D eigenvalue weighted by Gasteiger charge is 2.37. The van der Waals surface area contributed by atoms with Gasteiger partial charge in [0.1, 0.15) is 48.1 Å². The number of hydrogen-bond donors (Lipinski definition) is 14. The molecule has 6 aromatic rings. The molecule has 16 N–H and O–H groups in total. The molecule has 27 nitrogen and oxygen atoms in total. The summed E-state index contributed by atoms with van der Waals surface area (Å²) in [5, 5.41) is 45.9. The van der Waals surface area contributed by atoms with E-state index in [2.05, 4.69) is 53.2 Å². The molecule has 30 heteroatoms. The Morgan fingerprint density at radius 1 is 0.466 bits per heavy atom. The fourth-order valence-electron chi connectivity index (χ4n) is 12.7. The Labute approximate surface area is 690 Å². The predicted molar refractivity (Wildman–Crippen MR) is 448 cm³/mol. The van der Waals surface area contributed by atoms with Crippen molar-refractivity contribution in [3.63, 3.8) is 0 Å². The lowest BCUT2D eigenvalue weighted by atomic mass is 9.76. The summed E-state index contributed by atoms with van der Waals surface area (Å²) in [4.78, 5) is 164. The van der Waals surface area contributed by atoms with Crippen molar-refractivity contribution in [1.82, 2.24) is 42.5 Å². The number of benzene rings is 6. The number of nitrogens with two attached hydrogens (primary N) is 2. The van der Waals surface area contributed by atoms with E-state index in [1.54, 1.807) is 54.6 Å². The zero-order valence-electron chi connectivity index (χ0n) is 66.5. The van der Waals surface area contributed by atoms with E-state index >= 15 is 0 Å². The number of rotatable bonds is 37. The number of Topliss-reactive ketones (excluding diaryl/α,β-unsaturated/α-hetero) is 1. The Hall–Kier alpha value is -11.4. The minimum Gasteiger partial charge on any atom is -0.481 e. The number of anilines is 2. The van der Waals surface area contributed by atoms with Crippen molar-refractivity contribution in [3.05, 3.63) is 212 Å². The molecule has 0 aromatic heterocycles. The highest BCUT2D eigenvalue weighted by atomic mass is 35.5. The van der Waals surface area contributed by atoms with Gasteiger partial charge in [0.25, 0.3) is 0 Å². The van der Waals surface area contributed by atoms with Crippen LogP contribution in [0.3, 0.4) is 0 Å². The molecule has 0 aliphatic heterocycles. The van der Waals surface area contributed by atoms with Gasteiger partial charge in [-0.3, -0.25) is 52.7 Å². The van der Waals surface area contributed by atoms with E-state index in [0.29, 0.717) is 52.1 Å².